The van der Waals surface area contributed by atoms with Crippen LogP contribution in [0.4, 0.5) is 9.18 Å². The van der Waals surface area contributed by atoms with Gasteiger partial charge >= 0.3 is 6.09 Å². The van der Waals surface area contributed by atoms with Gasteiger partial charge in [-0.15, -0.1) is 0 Å². The highest BCUT2D eigenvalue weighted by atomic mass is 19.1. The molecule has 5 nitrogen and oxygen atoms in total. The van der Waals surface area contributed by atoms with E-state index in [1.165, 1.54) is 19.2 Å². The van der Waals surface area contributed by atoms with Gasteiger partial charge in [0.15, 0.2) is 0 Å². The summed E-state index contributed by atoms with van der Waals surface area (Å²) < 4.78 is 19.2. The molecule has 1 amide bonds. The molecule has 0 radical (unpaired) electrons. The first-order chi connectivity index (χ1) is 9.69. The summed E-state index contributed by atoms with van der Waals surface area (Å²) in [5.41, 5.74) is 1.71. The second kappa shape index (κ2) is 6.70. The van der Waals surface area contributed by atoms with Gasteiger partial charge in [0.05, 0.1) is 19.0 Å². The van der Waals surface area contributed by atoms with E-state index in [-0.39, 0.29) is 5.82 Å². The Morgan fingerprint density at radius 1 is 1.50 bits per heavy atom. The summed E-state index contributed by atoms with van der Waals surface area (Å²) in [4.78, 5) is 10.9. The van der Waals surface area contributed by atoms with Crippen molar-refractivity contribution in [2.75, 3.05) is 13.7 Å². The number of amides is 1. The number of hydrogen-bond acceptors (Lipinski definition) is 3. The Morgan fingerprint density at radius 3 is 3.10 bits per heavy atom. The van der Waals surface area contributed by atoms with E-state index in [0.717, 1.165) is 18.4 Å². The Hall–Kier alpha value is -2.37. The van der Waals surface area contributed by atoms with Crippen LogP contribution < -0.4 is 5.32 Å². The molecular weight excluding hydrogens is 261 g/mol. The quantitative estimate of drug-likeness (QED) is 0.853. The number of aryl methyl sites for hydroxylation is 1. The highest BCUT2D eigenvalue weighted by Gasteiger charge is 2.03. The lowest BCUT2D eigenvalue weighted by atomic mass is 10.2. The van der Waals surface area contributed by atoms with Crippen molar-refractivity contribution in [3.8, 4) is 5.69 Å². The maximum atomic E-state index is 13.1. The summed E-state index contributed by atoms with van der Waals surface area (Å²) in [6.07, 6.45) is 4.72. The van der Waals surface area contributed by atoms with E-state index in [2.05, 4.69) is 15.2 Å². The van der Waals surface area contributed by atoms with Crippen LogP contribution in [0.3, 0.4) is 0 Å². The van der Waals surface area contributed by atoms with Gasteiger partial charge in [0.2, 0.25) is 0 Å². The van der Waals surface area contributed by atoms with Crippen molar-refractivity contribution in [3.63, 3.8) is 0 Å². The molecular formula is C14H16FN3O2. The molecule has 0 spiro atoms. The first-order valence-electron chi connectivity index (χ1n) is 6.30. The molecule has 0 unspecified atom stereocenters. The van der Waals surface area contributed by atoms with Gasteiger partial charge in [-0.3, -0.25) is 0 Å². The SMILES string of the molecule is COC(=O)NCCCc1cnn(-c2cccc(F)c2)c1. The molecule has 0 saturated heterocycles. The number of rotatable bonds is 5. The Labute approximate surface area is 116 Å². The fourth-order valence-electron chi connectivity index (χ4n) is 1.80. The van der Waals surface area contributed by atoms with Crippen LogP contribution in [0.25, 0.3) is 5.69 Å². The summed E-state index contributed by atoms with van der Waals surface area (Å²) in [6, 6.07) is 6.26. The average Bonchev–Trinajstić information content (AvgIpc) is 2.92. The first kappa shape index (κ1) is 14.0. The first-order valence-corrected chi connectivity index (χ1v) is 6.30. The van der Waals surface area contributed by atoms with Crippen LogP contribution >= 0.6 is 0 Å². The molecule has 2 aromatic rings. The molecule has 0 aliphatic rings. The van der Waals surface area contributed by atoms with Crippen molar-refractivity contribution in [1.82, 2.24) is 15.1 Å². The molecule has 106 valence electrons. The molecule has 1 aromatic carbocycles. The molecule has 0 aliphatic heterocycles. The molecule has 0 saturated carbocycles. The Morgan fingerprint density at radius 2 is 2.35 bits per heavy atom. The van der Waals surface area contributed by atoms with Gasteiger partial charge in [-0.2, -0.15) is 5.10 Å². The van der Waals surface area contributed by atoms with E-state index in [1.807, 2.05) is 6.20 Å². The van der Waals surface area contributed by atoms with Crippen molar-refractivity contribution in [1.29, 1.82) is 0 Å². The molecule has 0 atom stereocenters. The highest BCUT2D eigenvalue weighted by molar-refractivity contribution is 5.66. The third-order valence-corrected chi connectivity index (χ3v) is 2.81. The standard InChI is InChI=1S/C14H16FN3O2/c1-20-14(19)16-7-3-4-11-9-17-18(10-11)13-6-2-5-12(15)8-13/h2,5-6,8-10H,3-4,7H2,1H3,(H,16,19). The van der Waals surface area contributed by atoms with Crippen LogP contribution in [0, 0.1) is 5.82 Å². The van der Waals surface area contributed by atoms with Gasteiger partial charge in [0, 0.05) is 12.7 Å². The number of alkyl carbamates (subject to hydrolysis) is 1. The lowest BCUT2D eigenvalue weighted by Gasteiger charge is -2.02. The maximum Gasteiger partial charge on any atom is 0.406 e. The molecule has 1 N–H and O–H groups in total. The third kappa shape index (κ3) is 3.81. The summed E-state index contributed by atoms with van der Waals surface area (Å²) >= 11 is 0. The second-order valence-electron chi connectivity index (χ2n) is 4.29. The molecule has 1 heterocycles. The lowest BCUT2D eigenvalue weighted by Crippen LogP contribution is -2.24. The number of hydrogen-bond donors (Lipinski definition) is 1. The normalized spacial score (nSPS) is 10.3. The molecule has 0 bridgehead atoms. The maximum absolute atomic E-state index is 13.1. The molecule has 2 rings (SSSR count). The van der Waals surface area contributed by atoms with Gasteiger partial charge in [0.1, 0.15) is 5.82 Å². The third-order valence-electron chi connectivity index (χ3n) is 2.81. The number of benzene rings is 1. The van der Waals surface area contributed by atoms with E-state index in [9.17, 15) is 9.18 Å². The summed E-state index contributed by atoms with van der Waals surface area (Å²) in [7, 11) is 1.33. The zero-order valence-electron chi connectivity index (χ0n) is 11.2. The minimum Gasteiger partial charge on any atom is -0.453 e. The van der Waals surface area contributed by atoms with E-state index in [4.69, 9.17) is 0 Å². The molecule has 0 fully saturated rings. The number of carbonyl (C=O) groups excluding carboxylic acids is 1. The molecule has 0 aliphatic carbocycles. The van der Waals surface area contributed by atoms with Crippen LogP contribution in [0.1, 0.15) is 12.0 Å². The predicted octanol–water partition coefficient (Wildman–Crippen LogP) is 2.30. The minimum absolute atomic E-state index is 0.290. The van der Waals surface area contributed by atoms with E-state index < -0.39 is 6.09 Å². The van der Waals surface area contributed by atoms with Crippen molar-refractivity contribution in [2.45, 2.75) is 12.8 Å². The highest BCUT2D eigenvalue weighted by Crippen LogP contribution is 2.10. The predicted molar refractivity (Wildman–Crippen MR) is 72.3 cm³/mol. The van der Waals surface area contributed by atoms with Crippen LogP contribution in [0.2, 0.25) is 0 Å². The van der Waals surface area contributed by atoms with Gasteiger partial charge in [0.25, 0.3) is 0 Å². The Balaban J connectivity index is 1.88. The van der Waals surface area contributed by atoms with Crippen LogP contribution in [-0.4, -0.2) is 29.5 Å². The topological polar surface area (TPSA) is 56.1 Å². The van der Waals surface area contributed by atoms with Crippen LogP contribution in [0.15, 0.2) is 36.7 Å². The van der Waals surface area contributed by atoms with Crippen molar-refractivity contribution in [3.05, 3.63) is 48.0 Å². The molecule has 6 heteroatoms. The van der Waals surface area contributed by atoms with E-state index >= 15 is 0 Å². The number of aromatic nitrogens is 2. The summed E-state index contributed by atoms with van der Waals surface area (Å²) in [6.45, 7) is 0.540. The number of carbonyl (C=O) groups is 1. The van der Waals surface area contributed by atoms with Crippen molar-refractivity contribution in [2.24, 2.45) is 0 Å². The molecule has 1 aromatic heterocycles. The summed E-state index contributed by atoms with van der Waals surface area (Å²) in [5.74, 6) is -0.290. The van der Waals surface area contributed by atoms with Crippen molar-refractivity contribution < 1.29 is 13.9 Å². The van der Waals surface area contributed by atoms with Gasteiger partial charge < -0.3 is 10.1 Å². The Bertz CT molecular complexity index is 583. The van der Waals surface area contributed by atoms with Crippen LogP contribution in [0.5, 0.6) is 0 Å². The second-order valence-corrected chi connectivity index (χ2v) is 4.29. The number of nitrogens with one attached hydrogen (secondary N) is 1. The van der Waals surface area contributed by atoms with E-state index in [0.29, 0.717) is 12.2 Å². The van der Waals surface area contributed by atoms with E-state index in [1.54, 1.807) is 23.0 Å². The fourth-order valence-corrected chi connectivity index (χ4v) is 1.80. The summed E-state index contributed by atoms with van der Waals surface area (Å²) in [5, 5.41) is 6.81. The fraction of sp³-hybridized carbons (Fsp3) is 0.286. The number of ether oxygens (including phenoxy) is 1. The zero-order valence-corrected chi connectivity index (χ0v) is 11.2. The minimum atomic E-state index is -0.430. The number of methoxy groups -OCH3 is 1. The van der Waals surface area contributed by atoms with Gasteiger partial charge in [-0.1, -0.05) is 6.07 Å². The van der Waals surface area contributed by atoms with Gasteiger partial charge in [-0.25, -0.2) is 13.9 Å². The average molecular weight is 277 g/mol. The largest absolute Gasteiger partial charge is 0.453 e. The smallest absolute Gasteiger partial charge is 0.406 e. The zero-order chi connectivity index (χ0) is 14.4. The lowest BCUT2D eigenvalue weighted by molar-refractivity contribution is 0.171. The monoisotopic (exact) mass is 277 g/mol. The van der Waals surface area contributed by atoms with Gasteiger partial charge in [-0.05, 0) is 36.6 Å². The number of halogens is 1. The molecule has 20 heavy (non-hydrogen) atoms. The van der Waals surface area contributed by atoms with Crippen molar-refractivity contribution >= 4 is 6.09 Å². The number of nitrogens with zero attached hydrogens (tertiary/aromatic N) is 2. The van der Waals surface area contributed by atoms with Crippen LogP contribution in [-0.2, 0) is 11.2 Å². The Kier molecular flexibility index (Phi) is 4.70.